The van der Waals surface area contributed by atoms with E-state index in [1.165, 1.54) is 6.20 Å². The van der Waals surface area contributed by atoms with Crippen molar-refractivity contribution in [2.75, 3.05) is 0 Å². The van der Waals surface area contributed by atoms with Crippen LogP contribution in [0.5, 0.6) is 5.75 Å². The molecule has 1 heterocycles. The maximum atomic E-state index is 10.0. The first kappa shape index (κ1) is 10.2. The Bertz CT molecular complexity index is 550. The van der Waals surface area contributed by atoms with Crippen LogP contribution in [0, 0.1) is 0 Å². The van der Waals surface area contributed by atoms with Gasteiger partial charge in [-0.05, 0) is 35.7 Å². The fourth-order valence-corrected chi connectivity index (χ4v) is 1.41. The summed E-state index contributed by atoms with van der Waals surface area (Å²) in [5, 5.41) is 13.6. The van der Waals surface area contributed by atoms with Gasteiger partial charge in [-0.1, -0.05) is 0 Å². The van der Waals surface area contributed by atoms with E-state index in [9.17, 15) is 9.90 Å². The Morgan fingerprint density at radius 2 is 2.12 bits per heavy atom. The van der Waals surface area contributed by atoms with Crippen molar-refractivity contribution in [3.63, 3.8) is 0 Å². The minimum atomic E-state index is 0.222. The summed E-state index contributed by atoms with van der Waals surface area (Å²) in [4.78, 5) is 14.2. The molecule has 1 aromatic heterocycles. The van der Waals surface area contributed by atoms with Crippen LogP contribution in [0.3, 0.4) is 0 Å². The lowest BCUT2D eigenvalue weighted by atomic mass is 10.1. The Balaban J connectivity index is 2.38. The minimum Gasteiger partial charge on any atom is -0.508 e. The fourth-order valence-electron chi connectivity index (χ4n) is 1.41. The quantitative estimate of drug-likeness (QED) is 0.764. The van der Waals surface area contributed by atoms with Crippen LogP contribution in [0.15, 0.2) is 36.7 Å². The number of benzene rings is 1. The highest BCUT2D eigenvalue weighted by molar-refractivity contribution is 5.84. The molecule has 1 aromatic carbocycles. The first-order valence-electron chi connectivity index (χ1n) is 4.74. The fraction of sp³-hybridized carbons (Fsp3) is 0. The van der Waals surface area contributed by atoms with Gasteiger partial charge in [0.1, 0.15) is 5.75 Å². The summed E-state index contributed by atoms with van der Waals surface area (Å²) in [5.41, 5.74) is 0.715. The summed E-state index contributed by atoms with van der Waals surface area (Å²) in [6.07, 6.45) is 5.49. The number of carbonyl (C=O) groups is 1. The van der Waals surface area contributed by atoms with Crippen molar-refractivity contribution in [2.24, 2.45) is 0 Å². The molecule has 0 bridgehead atoms. The van der Waals surface area contributed by atoms with Crippen molar-refractivity contribution < 1.29 is 9.90 Å². The van der Waals surface area contributed by atoms with Gasteiger partial charge in [-0.3, -0.25) is 9.78 Å². The van der Waals surface area contributed by atoms with Crippen molar-refractivity contribution in [3.8, 4) is 5.75 Å². The number of hydrogen-bond acceptors (Lipinski definition) is 3. The molecule has 4 heteroatoms. The molecular weight excluding hydrogens is 204 g/mol. The summed E-state index contributed by atoms with van der Waals surface area (Å²) < 4.78 is 0. The van der Waals surface area contributed by atoms with Crippen molar-refractivity contribution >= 4 is 23.3 Å². The van der Waals surface area contributed by atoms with E-state index in [0.717, 1.165) is 10.8 Å². The summed E-state index contributed by atoms with van der Waals surface area (Å²) in [6.45, 7) is 0. The maximum absolute atomic E-state index is 10.0. The van der Waals surface area contributed by atoms with Crippen LogP contribution in [-0.4, -0.2) is 16.5 Å². The molecule has 0 saturated heterocycles. The zero-order valence-electron chi connectivity index (χ0n) is 8.42. The van der Waals surface area contributed by atoms with E-state index >= 15 is 0 Å². The molecule has 0 spiro atoms. The lowest BCUT2D eigenvalue weighted by Gasteiger charge is -1.99. The monoisotopic (exact) mass is 214 g/mol. The van der Waals surface area contributed by atoms with Crippen molar-refractivity contribution in [3.05, 3.63) is 42.4 Å². The van der Waals surface area contributed by atoms with Crippen LogP contribution in [-0.2, 0) is 4.79 Å². The van der Waals surface area contributed by atoms with E-state index < -0.39 is 0 Å². The Kier molecular flexibility index (Phi) is 2.82. The topological polar surface area (TPSA) is 62.2 Å². The zero-order chi connectivity index (χ0) is 11.4. The number of aromatic nitrogens is 1. The molecule has 0 aliphatic heterocycles. The number of rotatable bonds is 3. The van der Waals surface area contributed by atoms with Crippen LogP contribution in [0.2, 0.25) is 0 Å². The Labute approximate surface area is 92.2 Å². The van der Waals surface area contributed by atoms with E-state index in [4.69, 9.17) is 0 Å². The van der Waals surface area contributed by atoms with Gasteiger partial charge in [-0.2, -0.15) is 0 Å². The number of carbonyl (C=O) groups excluding carboxylic acids is 1. The second-order valence-electron chi connectivity index (χ2n) is 3.26. The predicted octanol–water partition coefficient (Wildman–Crippen LogP) is 1.66. The molecule has 0 unspecified atom stereocenters. The van der Waals surface area contributed by atoms with Gasteiger partial charge in [0.25, 0.3) is 0 Å². The number of fused-ring (bicyclic) bond motifs is 1. The average molecular weight is 214 g/mol. The van der Waals surface area contributed by atoms with Gasteiger partial charge in [0.15, 0.2) is 0 Å². The van der Waals surface area contributed by atoms with Gasteiger partial charge < -0.3 is 10.4 Å². The second-order valence-corrected chi connectivity index (χ2v) is 3.26. The Morgan fingerprint density at radius 1 is 1.25 bits per heavy atom. The summed E-state index contributed by atoms with van der Waals surface area (Å²) in [6, 6.07) is 6.92. The lowest BCUT2D eigenvalue weighted by molar-refractivity contribution is -0.108. The SMILES string of the molecule is O=CNC=Cc1cc2cc(O)ccc2cn1. The van der Waals surface area contributed by atoms with Crippen molar-refractivity contribution in [2.45, 2.75) is 0 Å². The predicted molar refractivity (Wildman–Crippen MR) is 61.6 cm³/mol. The minimum absolute atomic E-state index is 0.222. The first-order valence-corrected chi connectivity index (χ1v) is 4.74. The molecule has 1 amide bonds. The van der Waals surface area contributed by atoms with Crippen LogP contribution in [0.1, 0.15) is 5.69 Å². The van der Waals surface area contributed by atoms with E-state index in [-0.39, 0.29) is 5.75 Å². The standard InChI is InChI=1S/C12H10N2O2/c15-8-13-4-3-11-5-10-6-12(16)2-1-9(10)7-14-11/h1-8,16H,(H,13,15). The zero-order valence-corrected chi connectivity index (χ0v) is 8.42. The van der Waals surface area contributed by atoms with Gasteiger partial charge in [-0.25, -0.2) is 0 Å². The molecule has 0 radical (unpaired) electrons. The largest absolute Gasteiger partial charge is 0.508 e. The number of hydrogen-bond donors (Lipinski definition) is 2. The number of phenols is 1. The molecule has 0 fully saturated rings. The highest BCUT2D eigenvalue weighted by Crippen LogP contribution is 2.19. The van der Waals surface area contributed by atoms with E-state index in [1.54, 1.807) is 30.5 Å². The normalized spacial score (nSPS) is 10.8. The molecule has 2 rings (SSSR count). The van der Waals surface area contributed by atoms with Crippen molar-refractivity contribution in [1.29, 1.82) is 0 Å². The number of aromatic hydroxyl groups is 1. The number of phenolic OH excluding ortho intramolecular Hbond substituents is 1. The van der Waals surface area contributed by atoms with E-state index in [1.807, 2.05) is 6.07 Å². The van der Waals surface area contributed by atoms with Crippen LogP contribution >= 0.6 is 0 Å². The van der Waals surface area contributed by atoms with Gasteiger partial charge in [-0.15, -0.1) is 0 Å². The number of pyridine rings is 1. The molecule has 2 N–H and O–H groups in total. The van der Waals surface area contributed by atoms with Crippen LogP contribution in [0.25, 0.3) is 16.8 Å². The maximum Gasteiger partial charge on any atom is 0.211 e. The van der Waals surface area contributed by atoms with Gasteiger partial charge in [0.2, 0.25) is 6.41 Å². The Morgan fingerprint density at radius 3 is 2.94 bits per heavy atom. The highest BCUT2D eigenvalue weighted by atomic mass is 16.3. The molecule has 0 atom stereocenters. The smallest absolute Gasteiger partial charge is 0.211 e. The number of nitrogens with zero attached hydrogens (tertiary/aromatic N) is 1. The third kappa shape index (κ3) is 2.17. The summed E-state index contributed by atoms with van der Waals surface area (Å²) in [5.74, 6) is 0.222. The number of nitrogens with one attached hydrogen (secondary N) is 1. The summed E-state index contributed by atoms with van der Waals surface area (Å²) in [7, 11) is 0. The van der Waals surface area contributed by atoms with Crippen LogP contribution < -0.4 is 5.32 Å². The molecule has 2 aromatic rings. The third-order valence-corrected chi connectivity index (χ3v) is 2.14. The Hall–Kier alpha value is -2.36. The van der Waals surface area contributed by atoms with Gasteiger partial charge >= 0.3 is 0 Å². The highest BCUT2D eigenvalue weighted by Gasteiger charge is 1.96. The van der Waals surface area contributed by atoms with Crippen LogP contribution in [0.4, 0.5) is 0 Å². The lowest BCUT2D eigenvalue weighted by Crippen LogP contribution is -1.98. The summed E-state index contributed by atoms with van der Waals surface area (Å²) >= 11 is 0. The van der Waals surface area contributed by atoms with Crippen molar-refractivity contribution in [1.82, 2.24) is 10.3 Å². The van der Waals surface area contributed by atoms with Gasteiger partial charge in [0, 0.05) is 17.8 Å². The van der Waals surface area contributed by atoms with E-state index in [0.29, 0.717) is 12.1 Å². The van der Waals surface area contributed by atoms with Gasteiger partial charge in [0.05, 0.1) is 5.69 Å². The molecular formula is C12H10N2O2. The average Bonchev–Trinajstić information content (AvgIpc) is 2.29. The number of amides is 1. The molecule has 0 aliphatic carbocycles. The first-order chi connectivity index (χ1) is 7.79. The van der Waals surface area contributed by atoms with E-state index in [2.05, 4.69) is 10.3 Å². The molecule has 0 saturated carbocycles. The molecule has 4 nitrogen and oxygen atoms in total. The second kappa shape index (κ2) is 4.44. The molecule has 80 valence electrons. The molecule has 0 aliphatic rings. The molecule has 16 heavy (non-hydrogen) atoms. The third-order valence-electron chi connectivity index (χ3n) is 2.14.